The summed E-state index contributed by atoms with van der Waals surface area (Å²) in [5.74, 6) is -1.44. The van der Waals surface area contributed by atoms with E-state index in [1.165, 1.54) is 0 Å². The van der Waals surface area contributed by atoms with E-state index in [2.05, 4.69) is 5.32 Å². The van der Waals surface area contributed by atoms with E-state index in [0.717, 1.165) is 21.8 Å². The third-order valence-corrected chi connectivity index (χ3v) is 5.50. The smallest absolute Gasteiger partial charge is 0.341 e. The molecule has 1 atom stereocenters. The zero-order chi connectivity index (χ0) is 21.0. The molecule has 5 amide bonds. The Labute approximate surface area is 170 Å². The summed E-state index contributed by atoms with van der Waals surface area (Å²) in [6, 6.07) is 9.12. The number of nitrogens with two attached hydrogens (primary N) is 2. The van der Waals surface area contributed by atoms with Gasteiger partial charge in [-0.2, -0.15) is 0 Å². The number of imide groups is 1. The summed E-state index contributed by atoms with van der Waals surface area (Å²) in [5, 5.41) is 2.64. The second-order valence-electron chi connectivity index (χ2n) is 6.43. The number of urea groups is 2. The molecule has 0 bridgehead atoms. The number of hydrogen-bond donors (Lipinski definition) is 3. The van der Waals surface area contributed by atoms with Crippen LogP contribution in [0.1, 0.15) is 29.6 Å². The van der Waals surface area contributed by atoms with Gasteiger partial charge in [0.2, 0.25) is 0 Å². The third-order valence-electron chi connectivity index (χ3n) is 4.40. The molecule has 1 aromatic carbocycles. The molecule has 0 aliphatic carbocycles. The maximum Gasteiger partial charge on any atom is 0.341 e. The Morgan fingerprint density at radius 1 is 1.14 bits per heavy atom. The van der Waals surface area contributed by atoms with E-state index in [-0.39, 0.29) is 23.5 Å². The average Bonchev–Trinajstić information content (AvgIpc) is 3.01. The molecular formula is C19H20N4O5S. The number of esters is 1. The number of primary amides is 2. The number of benzene rings is 1. The Kier molecular flexibility index (Phi) is 6.13. The van der Waals surface area contributed by atoms with Gasteiger partial charge in [0.05, 0.1) is 5.56 Å². The number of carbonyl (C=O) groups excluding carboxylic acids is 4. The first kappa shape index (κ1) is 20.3. The Morgan fingerprint density at radius 3 is 2.52 bits per heavy atom. The van der Waals surface area contributed by atoms with E-state index in [1.807, 2.05) is 30.3 Å². The SMILES string of the molecule is NC(=O)Nc1sc(-c2ccccc2)cc1C(=O)OC1CCCCN(C(N)=O)C1=O. The maximum atomic E-state index is 12.8. The van der Waals surface area contributed by atoms with E-state index in [4.69, 9.17) is 16.2 Å². The molecule has 152 valence electrons. The molecule has 3 rings (SSSR count). The lowest BCUT2D eigenvalue weighted by molar-refractivity contribution is -0.136. The zero-order valence-electron chi connectivity index (χ0n) is 15.4. The minimum Gasteiger partial charge on any atom is -0.449 e. The van der Waals surface area contributed by atoms with Crippen molar-refractivity contribution in [3.8, 4) is 10.4 Å². The quantitative estimate of drug-likeness (QED) is 0.656. The van der Waals surface area contributed by atoms with Gasteiger partial charge in [-0.05, 0) is 30.9 Å². The first-order valence-corrected chi connectivity index (χ1v) is 9.76. The molecule has 1 fully saturated rings. The molecule has 1 aliphatic heterocycles. The Morgan fingerprint density at radius 2 is 1.86 bits per heavy atom. The van der Waals surface area contributed by atoms with Gasteiger partial charge in [0, 0.05) is 11.4 Å². The number of likely N-dealkylation sites (tertiary alicyclic amines) is 1. The minimum atomic E-state index is -1.13. The Hall–Kier alpha value is -3.40. The Bertz CT molecular complexity index is 943. The minimum absolute atomic E-state index is 0.0790. The number of hydrogen-bond acceptors (Lipinski definition) is 6. The topological polar surface area (TPSA) is 145 Å². The van der Waals surface area contributed by atoms with Crippen molar-refractivity contribution in [3.63, 3.8) is 0 Å². The second-order valence-corrected chi connectivity index (χ2v) is 7.48. The first-order valence-electron chi connectivity index (χ1n) is 8.94. The normalized spacial score (nSPS) is 16.8. The molecule has 9 nitrogen and oxygen atoms in total. The highest BCUT2D eigenvalue weighted by Crippen LogP contribution is 2.36. The standard InChI is InChI=1S/C19H20N4O5S/c20-18(26)22-15-12(10-14(29-15)11-6-2-1-3-7-11)17(25)28-13-8-4-5-9-23(16(13)24)19(21)27/h1-3,6-7,10,13H,4-5,8-9H2,(H2,21,27)(H3,20,22,26). The van der Waals surface area contributed by atoms with E-state index in [9.17, 15) is 19.2 Å². The van der Waals surface area contributed by atoms with E-state index in [1.54, 1.807) is 6.07 Å². The average molecular weight is 416 g/mol. The summed E-state index contributed by atoms with van der Waals surface area (Å²) >= 11 is 1.16. The molecule has 2 heterocycles. The fourth-order valence-corrected chi connectivity index (χ4v) is 4.07. The van der Waals surface area contributed by atoms with Gasteiger partial charge < -0.3 is 16.2 Å². The fourth-order valence-electron chi connectivity index (χ4n) is 3.02. The largest absolute Gasteiger partial charge is 0.449 e. The molecule has 29 heavy (non-hydrogen) atoms. The van der Waals surface area contributed by atoms with Gasteiger partial charge in [0.1, 0.15) is 5.00 Å². The lowest BCUT2D eigenvalue weighted by Crippen LogP contribution is -2.46. The van der Waals surface area contributed by atoms with Gasteiger partial charge in [-0.25, -0.2) is 14.4 Å². The molecule has 1 aromatic heterocycles. The number of nitrogens with zero attached hydrogens (tertiary/aromatic N) is 1. The summed E-state index contributed by atoms with van der Waals surface area (Å²) in [6.07, 6.45) is 0.328. The predicted molar refractivity (Wildman–Crippen MR) is 107 cm³/mol. The molecule has 1 aliphatic rings. The summed E-state index contributed by atoms with van der Waals surface area (Å²) in [5.41, 5.74) is 11.4. The van der Waals surface area contributed by atoms with Crippen LogP contribution in [0.5, 0.6) is 0 Å². The van der Waals surface area contributed by atoms with Gasteiger partial charge in [-0.15, -0.1) is 11.3 Å². The molecule has 0 spiro atoms. The van der Waals surface area contributed by atoms with Gasteiger partial charge in [0.15, 0.2) is 6.10 Å². The molecule has 0 saturated carbocycles. The summed E-state index contributed by atoms with van der Waals surface area (Å²) < 4.78 is 5.40. The fraction of sp³-hybridized carbons (Fsp3) is 0.263. The molecular weight excluding hydrogens is 396 g/mol. The highest BCUT2D eigenvalue weighted by atomic mass is 32.1. The predicted octanol–water partition coefficient (Wildman–Crippen LogP) is 2.52. The molecule has 2 aromatic rings. The van der Waals surface area contributed by atoms with Crippen LogP contribution in [0.4, 0.5) is 14.6 Å². The van der Waals surface area contributed by atoms with Crippen molar-refractivity contribution in [2.45, 2.75) is 25.4 Å². The number of ether oxygens (including phenoxy) is 1. The van der Waals surface area contributed by atoms with Crippen molar-refractivity contribution < 1.29 is 23.9 Å². The molecule has 10 heteroatoms. The van der Waals surface area contributed by atoms with Crippen LogP contribution in [0.15, 0.2) is 36.4 Å². The first-order chi connectivity index (χ1) is 13.9. The van der Waals surface area contributed by atoms with E-state index >= 15 is 0 Å². The van der Waals surface area contributed by atoms with Crippen LogP contribution in [0, 0.1) is 0 Å². The Balaban J connectivity index is 1.87. The van der Waals surface area contributed by atoms with Crippen molar-refractivity contribution in [1.29, 1.82) is 0 Å². The van der Waals surface area contributed by atoms with Crippen LogP contribution < -0.4 is 16.8 Å². The van der Waals surface area contributed by atoms with E-state index in [0.29, 0.717) is 17.7 Å². The molecule has 1 saturated heterocycles. The lowest BCUT2D eigenvalue weighted by Gasteiger charge is -2.20. The number of anilines is 1. The number of amides is 5. The van der Waals surface area contributed by atoms with Crippen molar-refractivity contribution >= 4 is 40.3 Å². The van der Waals surface area contributed by atoms with E-state index < -0.39 is 30.0 Å². The van der Waals surface area contributed by atoms with Crippen molar-refractivity contribution in [3.05, 3.63) is 42.0 Å². The summed E-state index contributed by atoms with van der Waals surface area (Å²) in [7, 11) is 0. The molecule has 1 unspecified atom stereocenters. The van der Waals surface area contributed by atoms with Gasteiger partial charge in [0.25, 0.3) is 5.91 Å². The van der Waals surface area contributed by atoms with Crippen LogP contribution in [-0.2, 0) is 9.53 Å². The zero-order valence-corrected chi connectivity index (χ0v) is 16.2. The highest BCUT2D eigenvalue weighted by molar-refractivity contribution is 7.20. The van der Waals surface area contributed by atoms with Crippen molar-refractivity contribution in [2.75, 3.05) is 11.9 Å². The molecule has 0 radical (unpaired) electrons. The highest BCUT2D eigenvalue weighted by Gasteiger charge is 2.33. The number of carbonyl (C=O) groups is 4. The van der Waals surface area contributed by atoms with Crippen LogP contribution in [0.3, 0.4) is 0 Å². The third kappa shape index (κ3) is 4.72. The van der Waals surface area contributed by atoms with Crippen LogP contribution >= 0.6 is 11.3 Å². The second kappa shape index (κ2) is 8.74. The van der Waals surface area contributed by atoms with Gasteiger partial charge in [-0.3, -0.25) is 15.0 Å². The number of rotatable bonds is 4. The maximum absolute atomic E-state index is 12.8. The lowest BCUT2D eigenvalue weighted by atomic mass is 10.1. The summed E-state index contributed by atoms with van der Waals surface area (Å²) in [4.78, 5) is 49.7. The number of nitrogens with one attached hydrogen (secondary N) is 1. The van der Waals surface area contributed by atoms with Gasteiger partial charge >= 0.3 is 18.0 Å². The number of thiophene rings is 1. The van der Waals surface area contributed by atoms with Crippen molar-refractivity contribution in [1.82, 2.24) is 4.90 Å². The van der Waals surface area contributed by atoms with Crippen LogP contribution in [0.25, 0.3) is 10.4 Å². The molecule has 5 N–H and O–H groups in total. The summed E-state index contributed by atoms with van der Waals surface area (Å²) in [6.45, 7) is 0.188. The van der Waals surface area contributed by atoms with Crippen LogP contribution in [0.2, 0.25) is 0 Å². The monoisotopic (exact) mass is 416 g/mol. The van der Waals surface area contributed by atoms with Crippen molar-refractivity contribution in [2.24, 2.45) is 11.5 Å². The van der Waals surface area contributed by atoms with Crippen LogP contribution in [-0.4, -0.2) is 41.5 Å². The van der Waals surface area contributed by atoms with Gasteiger partial charge in [-0.1, -0.05) is 30.3 Å².